The minimum absolute atomic E-state index is 0.00664. The predicted molar refractivity (Wildman–Crippen MR) is 92.4 cm³/mol. The molecule has 2 amide bonds. The lowest BCUT2D eigenvalue weighted by Gasteiger charge is -2.19. The summed E-state index contributed by atoms with van der Waals surface area (Å²) in [6.45, 7) is 0.594. The molecule has 2 aromatic rings. The Balaban J connectivity index is 1.65. The number of fused-ring (bicyclic) bond motifs is 1. The molecule has 0 aromatic heterocycles. The summed E-state index contributed by atoms with van der Waals surface area (Å²) in [5, 5.41) is 2.86. The number of amides is 2. The van der Waals surface area contributed by atoms with Gasteiger partial charge < -0.3 is 10.2 Å². The van der Waals surface area contributed by atoms with E-state index in [0.717, 1.165) is 21.7 Å². The summed E-state index contributed by atoms with van der Waals surface area (Å²) in [4.78, 5) is 26.6. The highest BCUT2D eigenvalue weighted by molar-refractivity contribution is 8.00. The molecule has 0 bridgehead atoms. The van der Waals surface area contributed by atoms with Crippen molar-refractivity contribution >= 4 is 29.3 Å². The predicted octanol–water partition coefficient (Wildman–Crippen LogP) is 2.93. The van der Waals surface area contributed by atoms with E-state index in [4.69, 9.17) is 0 Å². The molecule has 5 heteroatoms. The summed E-state index contributed by atoms with van der Waals surface area (Å²) < 4.78 is 0. The van der Waals surface area contributed by atoms with Gasteiger partial charge >= 0.3 is 0 Å². The van der Waals surface area contributed by atoms with E-state index in [-0.39, 0.29) is 11.8 Å². The van der Waals surface area contributed by atoms with Crippen LogP contribution in [-0.2, 0) is 22.6 Å². The van der Waals surface area contributed by atoms with Crippen molar-refractivity contribution < 1.29 is 9.59 Å². The molecule has 1 aliphatic heterocycles. The second kappa shape index (κ2) is 6.87. The van der Waals surface area contributed by atoms with Crippen LogP contribution in [0.25, 0.3) is 0 Å². The largest absolute Gasteiger partial charge is 0.341 e. The Morgan fingerprint density at radius 3 is 2.74 bits per heavy atom. The van der Waals surface area contributed by atoms with Gasteiger partial charge in [0.25, 0.3) is 0 Å². The molecule has 23 heavy (non-hydrogen) atoms. The number of thioether (sulfide) groups is 1. The number of nitrogens with zero attached hydrogens (tertiary/aromatic N) is 1. The average Bonchev–Trinajstić information content (AvgIpc) is 2.55. The van der Waals surface area contributed by atoms with Crippen LogP contribution in [0.4, 0.5) is 5.69 Å². The number of hydrogen-bond acceptors (Lipinski definition) is 3. The number of likely N-dealkylation sites (N-methyl/N-ethyl adjacent to an activating group) is 1. The van der Waals surface area contributed by atoms with Crippen molar-refractivity contribution in [3.8, 4) is 0 Å². The van der Waals surface area contributed by atoms with Gasteiger partial charge in [-0.1, -0.05) is 36.4 Å². The molecule has 118 valence electrons. The van der Waals surface area contributed by atoms with Crippen molar-refractivity contribution in [1.29, 1.82) is 0 Å². The Kier molecular flexibility index (Phi) is 4.67. The van der Waals surface area contributed by atoms with E-state index in [1.165, 1.54) is 11.8 Å². The van der Waals surface area contributed by atoms with Crippen molar-refractivity contribution in [2.24, 2.45) is 0 Å². The van der Waals surface area contributed by atoms with Crippen LogP contribution in [0.5, 0.6) is 0 Å². The second-order valence-electron chi connectivity index (χ2n) is 5.58. The Hall–Kier alpha value is -2.27. The van der Waals surface area contributed by atoms with Gasteiger partial charge in [0, 0.05) is 18.5 Å². The summed E-state index contributed by atoms with van der Waals surface area (Å²) in [6.07, 6.45) is 0.331. The molecule has 0 fully saturated rings. The maximum absolute atomic E-state index is 12.4. The Labute approximate surface area is 139 Å². The summed E-state index contributed by atoms with van der Waals surface area (Å²) in [6, 6.07) is 15.7. The summed E-state index contributed by atoms with van der Waals surface area (Å²) >= 11 is 1.53. The zero-order chi connectivity index (χ0) is 16.2. The van der Waals surface area contributed by atoms with E-state index in [1.54, 1.807) is 4.90 Å². The lowest BCUT2D eigenvalue weighted by molar-refractivity contribution is -0.129. The lowest BCUT2D eigenvalue weighted by Crippen LogP contribution is -2.27. The highest BCUT2D eigenvalue weighted by atomic mass is 32.2. The van der Waals surface area contributed by atoms with E-state index in [1.807, 2.05) is 55.6 Å². The van der Waals surface area contributed by atoms with Crippen LogP contribution in [0.15, 0.2) is 53.4 Å². The summed E-state index contributed by atoms with van der Waals surface area (Å²) in [5.41, 5.74) is 2.83. The topological polar surface area (TPSA) is 49.4 Å². The fourth-order valence-corrected chi connectivity index (χ4v) is 3.28. The normalized spacial score (nSPS) is 13.2. The van der Waals surface area contributed by atoms with Crippen LogP contribution in [-0.4, -0.2) is 29.5 Å². The maximum Gasteiger partial charge on any atom is 0.234 e. The molecule has 0 radical (unpaired) electrons. The van der Waals surface area contributed by atoms with Gasteiger partial charge in [0.05, 0.1) is 17.9 Å². The van der Waals surface area contributed by atoms with Crippen molar-refractivity contribution in [2.75, 3.05) is 18.1 Å². The number of rotatable bonds is 4. The number of hydrogen-bond donors (Lipinski definition) is 1. The van der Waals surface area contributed by atoms with Gasteiger partial charge in [0.2, 0.25) is 11.8 Å². The molecule has 3 rings (SSSR count). The van der Waals surface area contributed by atoms with Crippen molar-refractivity contribution in [2.45, 2.75) is 17.9 Å². The first-order valence-corrected chi connectivity index (χ1v) is 8.44. The van der Waals surface area contributed by atoms with Crippen LogP contribution in [0, 0.1) is 0 Å². The van der Waals surface area contributed by atoms with E-state index < -0.39 is 0 Å². The highest BCUT2D eigenvalue weighted by Crippen LogP contribution is 2.32. The third kappa shape index (κ3) is 3.93. The fraction of sp³-hybridized carbons (Fsp3) is 0.222. The van der Waals surface area contributed by atoms with Gasteiger partial charge in [-0.05, 0) is 23.3 Å². The first-order valence-electron chi connectivity index (χ1n) is 7.45. The highest BCUT2D eigenvalue weighted by Gasteiger charge is 2.17. The molecule has 0 saturated carbocycles. The van der Waals surface area contributed by atoms with Gasteiger partial charge in [-0.2, -0.15) is 0 Å². The van der Waals surface area contributed by atoms with Crippen molar-refractivity contribution in [3.63, 3.8) is 0 Å². The first-order chi connectivity index (χ1) is 11.1. The fourth-order valence-electron chi connectivity index (χ4n) is 2.50. The molecule has 0 spiro atoms. The van der Waals surface area contributed by atoms with Crippen LogP contribution in [0.1, 0.15) is 11.1 Å². The van der Waals surface area contributed by atoms with E-state index >= 15 is 0 Å². The van der Waals surface area contributed by atoms with E-state index in [2.05, 4.69) is 5.32 Å². The van der Waals surface area contributed by atoms with Crippen molar-refractivity contribution in [3.05, 3.63) is 59.7 Å². The molecule has 0 aliphatic carbocycles. The molecule has 1 N–H and O–H groups in total. The maximum atomic E-state index is 12.4. The molecule has 0 unspecified atom stereocenters. The zero-order valence-electron chi connectivity index (χ0n) is 12.9. The van der Waals surface area contributed by atoms with Gasteiger partial charge in [-0.3, -0.25) is 9.59 Å². The summed E-state index contributed by atoms with van der Waals surface area (Å²) in [7, 11) is 1.81. The quantitative estimate of drug-likeness (QED) is 0.940. The number of benzene rings is 2. The number of anilines is 1. The number of carbonyl (C=O) groups excluding carboxylic acids is 2. The minimum atomic E-state index is 0.00664. The average molecular weight is 326 g/mol. The first kappa shape index (κ1) is 15.6. The Bertz CT molecular complexity index is 731. The van der Waals surface area contributed by atoms with Crippen LogP contribution >= 0.6 is 11.8 Å². The van der Waals surface area contributed by atoms with E-state index in [9.17, 15) is 9.59 Å². The number of nitrogens with one attached hydrogen (secondary N) is 1. The number of carbonyl (C=O) groups is 2. The molecular weight excluding hydrogens is 308 g/mol. The molecule has 2 aromatic carbocycles. The zero-order valence-corrected chi connectivity index (χ0v) is 13.7. The smallest absolute Gasteiger partial charge is 0.234 e. The Morgan fingerprint density at radius 1 is 1.17 bits per heavy atom. The lowest BCUT2D eigenvalue weighted by atomic mass is 10.1. The molecule has 1 heterocycles. The Morgan fingerprint density at radius 2 is 1.96 bits per heavy atom. The van der Waals surface area contributed by atoms with Gasteiger partial charge in [0.15, 0.2) is 0 Å². The second-order valence-corrected chi connectivity index (χ2v) is 6.60. The minimum Gasteiger partial charge on any atom is -0.341 e. The molecule has 0 atom stereocenters. The summed E-state index contributed by atoms with van der Waals surface area (Å²) in [5.74, 6) is 0.515. The van der Waals surface area contributed by atoms with Gasteiger partial charge in [0.1, 0.15) is 0 Å². The molecule has 1 aliphatic rings. The third-order valence-corrected chi connectivity index (χ3v) is 4.79. The van der Waals surface area contributed by atoms with Crippen molar-refractivity contribution in [1.82, 2.24) is 4.90 Å². The molecule has 0 saturated heterocycles. The van der Waals surface area contributed by atoms with E-state index in [0.29, 0.717) is 18.7 Å². The molecular formula is C18H18N2O2S. The van der Waals surface area contributed by atoms with Crippen LogP contribution < -0.4 is 5.32 Å². The van der Waals surface area contributed by atoms with Gasteiger partial charge in [-0.25, -0.2) is 0 Å². The van der Waals surface area contributed by atoms with Crippen LogP contribution in [0.3, 0.4) is 0 Å². The third-order valence-electron chi connectivity index (χ3n) is 3.72. The SMILES string of the molecule is CN(Cc1ccccc1)C(=O)Cc1ccc2c(c1)NC(=O)CS2. The monoisotopic (exact) mass is 326 g/mol. The molecule has 4 nitrogen and oxygen atoms in total. The standard InChI is InChI=1S/C18H18N2O2S/c1-20(11-13-5-3-2-4-6-13)18(22)10-14-7-8-16-15(9-14)19-17(21)12-23-16/h2-9H,10-12H2,1H3,(H,19,21). The van der Waals surface area contributed by atoms with Crippen LogP contribution in [0.2, 0.25) is 0 Å². The van der Waals surface area contributed by atoms with Gasteiger partial charge in [-0.15, -0.1) is 11.8 Å².